The number of hydrogen-bond acceptors (Lipinski definition) is 3. The van der Waals surface area contributed by atoms with E-state index in [1.807, 2.05) is 18.2 Å². The van der Waals surface area contributed by atoms with E-state index in [1.165, 1.54) is 11.8 Å². The first-order valence-electron chi connectivity index (χ1n) is 4.98. The topological polar surface area (TPSA) is 46.3 Å². The van der Waals surface area contributed by atoms with E-state index in [2.05, 4.69) is 18.0 Å². The van der Waals surface area contributed by atoms with Crippen LogP contribution in [0.1, 0.15) is 18.2 Å². The number of nitrogens with zero attached hydrogens (tertiary/aromatic N) is 1. The van der Waals surface area contributed by atoms with Crippen LogP contribution in [0.5, 0.6) is 0 Å². The Hall–Kier alpha value is -1.61. The van der Waals surface area contributed by atoms with Crippen LogP contribution in [0, 0.1) is 0 Å². The largest absolute Gasteiger partial charge is 0.444 e. The lowest BCUT2D eigenvalue weighted by atomic mass is 10.1. The fourth-order valence-electron chi connectivity index (χ4n) is 1.44. The molecule has 0 aliphatic heterocycles. The zero-order valence-electron chi connectivity index (χ0n) is 8.60. The van der Waals surface area contributed by atoms with Gasteiger partial charge in [-0.15, -0.1) is 0 Å². The molecule has 78 valence electrons. The zero-order chi connectivity index (χ0) is 10.7. The normalized spacial score (nSPS) is 10.5. The van der Waals surface area contributed by atoms with Crippen LogP contribution in [0.3, 0.4) is 0 Å². The molecule has 0 atom stereocenters. The van der Waals surface area contributed by atoms with Gasteiger partial charge in [0, 0.05) is 5.56 Å². The Balaban J connectivity index is 2.35. The van der Waals surface area contributed by atoms with Crippen molar-refractivity contribution >= 4 is 0 Å². The summed E-state index contributed by atoms with van der Waals surface area (Å²) in [7, 11) is 0. The Labute approximate surface area is 88.4 Å². The van der Waals surface area contributed by atoms with E-state index >= 15 is 0 Å². The van der Waals surface area contributed by atoms with Crippen LogP contribution in [0.2, 0.25) is 0 Å². The van der Waals surface area contributed by atoms with Crippen molar-refractivity contribution in [2.24, 2.45) is 0 Å². The molecule has 1 aromatic heterocycles. The Morgan fingerprint density at radius 2 is 2.27 bits per heavy atom. The summed E-state index contributed by atoms with van der Waals surface area (Å²) in [5.74, 6) is 0.564. The molecule has 0 radical (unpaired) electrons. The molecule has 0 amide bonds. The van der Waals surface area contributed by atoms with E-state index in [-0.39, 0.29) is 6.61 Å². The lowest BCUT2D eigenvalue weighted by Crippen LogP contribution is -1.84. The quantitative estimate of drug-likeness (QED) is 0.833. The molecular weight excluding hydrogens is 190 g/mol. The molecule has 0 bridgehead atoms. The summed E-state index contributed by atoms with van der Waals surface area (Å²) in [6.07, 6.45) is 2.47. The third-order valence-corrected chi connectivity index (χ3v) is 2.30. The van der Waals surface area contributed by atoms with Gasteiger partial charge in [0.1, 0.15) is 12.0 Å². The van der Waals surface area contributed by atoms with Gasteiger partial charge >= 0.3 is 0 Å². The number of aliphatic hydroxyl groups is 1. The number of hydrogen-bond donors (Lipinski definition) is 1. The molecule has 0 fully saturated rings. The maximum atomic E-state index is 8.88. The van der Waals surface area contributed by atoms with Gasteiger partial charge in [-0.25, -0.2) is 4.98 Å². The highest BCUT2D eigenvalue weighted by Crippen LogP contribution is 2.20. The van der Waals surface area contributed by atoms with Crippen LogP contribution in [-0.4, -0.2) is 10.1 Å². The molecule has 0 saturated heterocycles. The van der Waals surface area contributed by atoms with Gasteiger partial charge in [-0.1, -0.05) is 19.1 Å². The Kier molecular flexibility index (Phi) is 2.83. The summed E-state index contributed by atoms with van der Waals surface area (Å²) in [6.45, 7) is 2.02. The molecule has 2 rings (SSSR count). The van der Waals surface area contributed by atoms with Crippen LogP contribution in [0.4, 0.5) is 0 Å². The second-order valence-corrected chi connectivity index (χ2v) is 3.36. The summed E-state index contributed by atoms with van der Waals surface area (Å²) < 4.78 is 5.27. The van der Waals surface area contributed by atoms with Gasteiger partial charge in [0.2, 0.25) is 5.89 Å². The molecule has 0 unspecified atom stereocenters. The summed E-state index contributed by atoms with van der Waals surface area (Å²) in [6, 6.07) is 8.05. The fraction of sp³-hybridized carbons (Fsp3) is 0.250. The lowest BCUT2D eigenvalue weighted by Gasteiger charge is -1.98. The molecule has 0 spiro atoms. The van der Waals surface area contributed by atoms with Gasteiger partial charge in [0.15, 0.2) is 0 Å². The van der Waals surface area contributed by atoms with Crippen molar-refractivity contribution in [3.8, 4) is 11.5 Å². The van der Waals surface area contributed by atoms with Crippen molar-refractivity contribution in [2.75, 3.05) is 0 Å². The molecule has 3 heteroatoms. The van der Waals surface area contributed by atoms with Gasteiger partial charge in [0.05, 0.1) is 6.61 Å². The zero-order valence-corrected chi connectivity index (χ0v) is 8.60. The van der Waals surface area contributed by atoms with Gasteiger partial charge < -0.3 is 9.52 Å². The molecule has 0 aliphatic rings. The predicted octanol–water partition coefficient (Wildman–Crippen LogP) is 2.40. The van der Waals surface area contributed by atoms with Crippen LogP contribution in [0.25, 0.3) is 11.5 Å². The van der Waals surface area contributed by atoms with Gasteiger partial charge in [-0.05, 0) is 24.1 Å². The third-order valence-electron chi connectivity index (χ3n) is 2.30. The maximum Gasteiger partial charge on any atom is 0.226 e. The highest BCUT2D eigenvalue weighted by Gasteiger charge is 2.05. The van der Waals surface area contributed by atoms with E-state index in [0.29, 0.717) is 11.6 Å². The highest BCUT2D eigenvalue weighted by molar-refractivity contribution is 5.54. The minimum absolute atomic E-state index is 0.0863. The second kappa shape index (κ2) is 4.28. The molecule has 2 aromatic rings. The molecule has 1 N–H and O–H groups in total. The van der Waals surface area contributed by atoms with E-state index in [4.69, 9.17) is 9.52 Å². The average molecular weight is 203 g/mol. The fourth-order valence-corrected chi connectivity index (χ4v) is 1.44. The standard InChI is InChI=1S/C12H13NO2/c1-2-9-4-3-5-10(6-9)12-13-11(7-14)8-15-12/h3-6,8,14H,2,7H2,1H3. The summed E-state index contributed by atoms with van der Waals surface area (Å²) in [5, 5.41) is 8.88. The number of aromatic nitrogens is 1. The van der Waals surface area contributed by atoms with Crippen LogP contribution >= 0.6 is 0 Å². The summed E-state index contributed by atoms with van der Waals surface area (Å²) in [5.41, 5.74) is 2.76. The van der Waals surface area contributed by atoms with Crippen molar-refractivity contribution < 1.29 is 9.52 Å². The van der Waals surface area contributed by atoms with Crippen LogP contribution in [0.15, 0.2) is 34.9 Å². The van der Waals surface area contributed by atoms with Crippen molar-refractivity contribution in [2.45, 2.75) is 20.0 Å². The van der Waals surface area contributed by atoms with Crippen molar-refractivity contribution in [3.05, 3.63) is 41.8 Å². The van der Waals surface area contributed by atoms with E-state index in [0.717, 1.165) is 12.0 Å². The highest BCUT2D eigenvalue weighted by atomic mass is 16.3. The van der Waals surface area contributed by atoms with Gasteiger partial charge in [-0.2, -0.15) is 0 Å². The molecule has 1 aromatic carbocycles. The number of benzene rings is 1. The monoisotopic (exact) mass is 203 g/mol. The van der Waals surface area contributed by atoms with Crippen molar-refractivity contribution in [1.29, 1.82) is 0 Å². The molecule has 15 heavy (non-hydrogen) atoms. The van der Waals surface area contributed by atoms with Crippen LogP contribution in [-0.2, 0) is 13.0 Å². The molecule has 0 aliphatic carbocycles. The smallest absolute Gasteiger partial charge is 0.226 e. The van der Waals surface area contributed by atoms with E-state index < -0.39 is 0 Å². The Morgan fingerprint density at radius 1 is 1.40 bits per heavy atom. The molecule has 1 heterocycles. The third kappa shape index (κ3) is 2.07. The van der Waals surface area contributed by atoms with Crippen molar-refractivity contribution in [1.82, 2.24) is 4.98 Å². The average Bonchev–Trinajstić information content (AvgIpc) is 2.78. The maximum absolute atomic E-state index is 8.88. The molecule has 0 saturated carbocycles. The molecule has 3 nitrogen and oxygen atoms in total. The first kappa shape index (κ1) is 9.93. The minimum atomic E-state index is -0.0863. The first-order valence-corrected chi connectivity index (χ1v) is 4.98. The molecular formula is C12H13NO2. The first-order chi connectivity index (χ1) is 7.33. The van der Waals surface area contributed by atoms with E-state index in [1.54, 1.807) is 0 Å². The number of oxazole rings is 1. The minimum Gasteiger partial charge on any atom is -0.444 e. The summed E-state index contributed by atoms with van der Waals surface area (Å²) >= 11 is 0. The summed E-state index contributed by atoms with van der Waals surface area (Å²) in [4.78, 5) is 4.16. The van der Waals surface area contributed by atoms with E-state index in [9.17, 15) is 0 Å². The van der Waals surface area contributed by atoms with Gasteiger partial charge in [-0.3, -0.25) is 0 Å². The Bertz CT molecular complexity index is 448. The lowest BCUT2D eigenvalue weighted by molar-refractivity contribution is 0.276. The number of rotatable bonds is 3. The number of aliphatic hydroxyl groups excluding tert-OH is 1. The predicted molar refractivity (Wildman–Crippen MR) is 57.2 cm³/mol. The Morgan fingerprint density at radius 3 is 2.93 bits per heavy atom. The number of aryl methyl sites for hydroxylation is 1. The van der Waals surface area contributed by atoms with Crippen LogP contribution < -0.4 is 0 Å². The van der Waals surface area contributed by atoms with Gasteiger partial charge in [0.25, 0.3) is 0 Å². The van der Waals surface area contributed by atoms with Crippen molar-refractivity contribution in [3.63, 3.8) is 0 Å². The second-order valence-electron chi connectivity index (χ2n) is 3.36. The SMILES string of the molecule is CCc1cccc(-c2nc(CO)co2)c1.